The number of nitrogens with zero attached hydrogens (tertiary/aromatic N) is 3. The highest BCUT2D eigenvalue weighted by Crippen LogP contribution is 2.35. The number of nitrogens with one attached hydrogen (secondary N) is 9. The highest BCUT2D eigenvalue weighted by atomic mass is 31.2. The van der Waals surface area contributed by atoms with Gasteiger partial charge in [0.1, 0.15) is 54.6 Å². The number of nitrogens with two attached hydrogens (primary N) is 4. The zero-order valence-electron chi connectivity index (χ0n) is 43.1. The summed E-state index contributed by atoms with van der Waals surface area (Å²) in [7, 11) is -5.38. The number of H-pyrrole nitrogens is 1. The molecule has 1 aliphatic heterocycles. The summed E-state index contributed by atoms with van der Waals surface area (Å²) in [5.74, 6) is -10.5. The number of hydrogen-bond acceptors (Lipinski definition) is 19. The number of amides is 10. The lowest BCUT2D eigenvalue weighted by Crippen LogP contribution is -2.61. The predicted octanol–water partition coefficient (Wildman–Crippen LogP) is -9.18. The van der Waals surface area contributed by atoms with Gasteiger partial charge in [-0.2, -0.15) is 0 Å². The number of aromatic nitrogens is 2. The normalized spacial score (nSPS) is 16.7. The van der Waals surface area contributed by atoms with Crippen molar-refractivity contribution in [3.8, 4) is 0 Å². The molecule has 1 aromatic heterocycles. The Morgan fingerprint density at radius 2 is 1.31 bits per heavy atom. The largest absolute Gasteiger partial charge is 0.469 e. The zero-order chi connectivity index (χ0) is 58.9. The van der Waals surface area contributed by atoms with Crippen molar-refractivity contribution in [2.45, 2.75) is 133 Å². The van der Waals surface area contributed by atoms with Crippen LogP contribution < -0.4 is 65.5 Å². The second-order valence-corrected chi connectivity index (χ2v) is 19.6. The van der Waals surface area contributed by atoms with Crippen LogP contribution in [0.1, 0.15) is 71.4 Å². The van der Waals surface area contributed by atoms with Gasteiger partial charge in [0.2, 0.25) is 59.1 Å². The van der Waals surface area contributed by atoms with Gasteiger partial charge < -0.3 is 105 Å². The highest BCUT2D eigenvalue weighted by Gasteiger charge is 2.40. The first-order valence-electron chi connectivity index (χ1n) is 24.4. The first kappa shape index (κ1) is 66.9. The summed E-state index contributed by atoms with van der Waals surface area (Å²) >= 11 is 0. The van der Waals surface area contributed by atoms with Gasteiger partial charge in [-0.1, -0.05) is 13.8 Å². The molecule has 438 valence electrons. The second kappa shape index (κ2) is 33.2. The van der Waals surface area contributed by atoms with Gasteiger partial charge in [0.25, 0.3) is 0 Å². The molecule has 35 heteroatoms. The number of phosphoric acid groups is 1. The first-order valence-corrected chi connectivity index (χ1v) is 26.0. The average Bonchev–Trinajstić information content (AvgIpc) is 4.09. The van der Waals surface area contributed by atoms with Crippen LogP contribution in [-0.4, -0.2) is 211 Å². The van der Waals surface area contributed by atoms with E-state index in [0.29, 0.717) is 6.29 Å². The fraction of sp³-hybridized carbons (Fsp3) is 0.651. The number of carbonyl (C=O) groups is 11. The van der Waals surface area contributed by atoms with Gasteiger partial charge in [-0.25, -0.2) is 9.55 Å². The topological polar surface area (TPSA) is 560 Å². The molecule has 0 bridgehead atoms. The maximum absolute atomic E-state index is 13.9. The summed E-state index contributed by atoms with van der Waals surface area (Å²) in [6, 6.07) is -15.4. The van der Waals surface area contributed by atoms with Crippen molar-refractivity contribution < 1.29 is 86.9 Å². The minimum atomic E-state index is -5.38. The van der Waals surface area contributed by atoms with Crippen molar-refractivity contribution in [1.29, 1.82) is 0 Å². The van der Waals surface area contributed by atoms with Crippen molar-refractivity contribution >= 4 is 79.1 Å². The van der Waals surface area contributed by atoms with Crippen LogP contribution in [0.2, 0.25) is 0 Å². The van der Waals surface area contributed by atoms with Gasteiger partial charge in [0, 0.05) is 37.8 Å². The lowest BCUT2D eigenvalue weighted by atomic mass is 10.0. The number of carbonyl (C=O) groups excluding carboxylic acids is 11. The van der Waals surface area contributed by atoms with E-state index in [-0.39, 0.29) is 75.6 Å². The zero-order valence-corrected chi connectivity index (χ0v) is 44.0. The number of phosphoric ester groups is 1. The number of aromatic amines is 1. The number of aliphatic hydroxyl groups excluding tert-OH is 3. The number of aliphatic imine (C=N–C) groups is 1. The minimum absolute atomic E-state index is 0.000953. The molecule has 0 spiro atoms. The molecule has 10 atom stereocenters. The van der Waals surface area contributed by atoms with E-state index < -0.39 is 160 Å². The van der Waals surface area contributed by atoms with Crippen LogP contribution in [0.3, 0.4) is 0 Å². The Morgan fingerprint density at radius 3 is 1.85 bits per heavy atom. The molecule has 2 heterocycles. The Kier molecular flexibility index (Phi) is 28.5. The average molecular weight is 1130 g/mol. The Balaban J connectivity index is 2.22. The number of aliphatic hydroxyl groups is 3. The fourth-order valence-electron chi connectivity index (χ4n) is 7.41. The molecule has 0 radical (unpaired) electrons. The first-order chi connectivity index (χ1) is 36.6. The number of likely N-dealkylation sites (tertiary alicyclic amines) is 1. The second-order valence-electron chi connectivity index (χ2n) is 18.3. The maximum Gasteiger partial charge on any atom is 0.469 e. The van der Waals surface area contributed by atoms with Gasteiger partial charge >= 0.3 is 7.82 Å². The smallest absolute Gasteiger partial charge is 0.394 e. The number of hydrogen-bond donors (Lipinski definition) is 18. The molecule has 0 aromatic carbocycles. The number of aldehydes is 1. The molecular weight excluding hydrogens is 1060 g/mol. The number of primary amides is 1. The molecular formula is C43H73N16O18P. The van der Waals surface area contributed by atoms with E-state index in [1.54, 1.807) is 13.8 Å². The summed E-state index contributed by atoms with van der Waals surface area (Å²) < 4.78 is 16.3. The molecule has 0 saturated carbocycles. The van der Waals surface area contributed by atoms with Gasteiger partial charge in [-0.3, -0.25) is 57.5 Å². The van der Waals surface area contributed by atoms with Crippen molar-refractivity contribution in [1.82, 2.24) is 57.4 Å². The van der Waals surface area contributed by atoms with E-state index in [1.165, 1.54) is 19.4 Å². The van der Waals surface area contributed by atoms with Gasteiger partial charge in [-0.05, 0) is 51.4 Å². The molecule has 0 unspecified atom stereocenters. The van der Waals surface area contributed by atoms with Crippen molar-refractivity contribution in [3.05, 3.63) is 18.2 Å². The van der Waals surface area contributed by atoms with Crippen molar-refractivity contribution in [2.75, 3.05) is 39.5 Å². The third-order valence-electron chi connectivity index (χ3n) is 11.5. The van der Waals surface area contributed by atoms with Crippen LogP contribution >= 0.6 is 7.82 Å². The van der Waals surface area contributed by atoms with E-state index in [2.05, 4.69) is 62.0 Å². The highest BCUT2D eigenvalue weighted by molar-refractivity contribution is 7.46. The van der Waals surface area contributed by atoms with Crippen molar-refractivity contribution in [2.24, 2.45) is 33.8 Å². The summed E-state index contributed by atoms with van der Waals surface area (Å²) in [6.45, 7) is 0.303. The summed E-state index contributed by atoms with van der Waals surface area (Å²) in [6.07, 6.45) is 2.71. The SMILES string of the molecule is CC(C)C[C@H](NC(=O)[C@H](CO)NC(=O)[C@H](C)NC(=O)[C@@H]1CCCN1C(=O)[C@H](CO)NC(=O)[C@H](COP(=O)(O)O)NC(=O)[C@H](Cc1cnc[nH]1)NC(=O)[C@H](CO)NC(=O)[C@@H](N)CCCN=C(N)N)C(=O)N[C@H](C=O)CCC(N)=O. The minimum Gasteiger partial charge on any atom is -0.394 e. The summed E-state index contributed by atoms with van der Waals surface area (Å²) in [5.41, 5.74) is 21.8. The Morgan fingerprint density at radius 1 is 0.769 bits per heavy atom. The van der Waals surface area contributed by atoms with Crippen LogP contribution in [0.4, 0.5) is 0 Å². The molecule has 2 rings (SSSR count). The van der Waals surface area contributed by atoms with Crippen molar-refractivity contribution in [3.63, 3.8) is 0 Å². The Labute approximate surface area is 446 Å². The van der Waals surface area contributed by atoms with Crippen LogP contribution in [0.15, 0.2) is 17.5 Å². The number of rotatable bonds is 35. The molecule has 10 amide bonds. The third kappa shape index (κ3) is 23.6. The maximum atomic E-state index is 13.9. The lowest BCUT2D eigenvalue weighted by Gasteiger charge is -2.30. The predicted molar refractivity (Wildman–Crippen MR) is 269 cm³/mol. The van der Waals surface area contributed by atoms with E-state index in [1.807, 2.05) is 0 Å². The van der Waals surface area contributed by atoms with E-state index in [0.717, 1.165) is 4.90 Å². The molecule has 78 heavy (non-hydrogen) atoms. The van der Waals surface area contributed by atoms with Crippen LogP contribution in [0.25, 0.3) is 0 Å². The molecule has 1 aliphatic rings. The lowest BCUT2D eigenvalue weighted by molar-refractivity contribution is -0.143. The van der Waals surface area contributed by atoms with E-state index in [4.69, 9.17) is 22.9 Å². The Hall–Kier alpha value is -7.20. The molecule has 1 fully saturated rings. The molecule has 34 nitrogen and oxygen atoms in total. The summed E-state index contributed by atoms with van der Waals surface area (Å²) in [4.78, 5) is 174. The van der Waals surface area contributed by atoms with Crippen LogP contribution in [0.5, 0.6) is 0 Å². The fourth-order valence-corrected chi connectivity index (χ4v) is 7.75. The molecule has 1 saturated heterocycles. The van der Waals surface area contributed by atoms with Gasteiger partial charge in [0.05, 0.1) is 44.8 Å². The number of imidazole rings is 1. The van der Waals surface area contributed by atoms with Gasteiger partial charge in [-0.15, -0.1) is 0 Å². The standard InChI is InChI=1S/C43H73N16O18P/c1-21(2)12-26(36(67)52-23(15-60)8-9-33(45)64)53-38(69)28(16-61)55-34(65)22(3)51-41(72)32-7-5-11-59(32)42(73)30(18-63)57-40(71)31(19-77-78(74,75)76)58-37(68)27(13-24-14-48-20-50-24)54-39(70)29(17-62)56-35(66)25(44)6-4-10-49-43(46)47/h14-15,20-23,25-32,61-63H,4-13,16-19,44H2,1-3H3,(H2,45,64)(H,48,50)(H,51,72)(H,52,67)(H,53,69)(H,54,70)(H,55,65)(H,56,66)(H,57,71)(H,58,68)(H4,46,47,49)(H2,74,75,76)/t22-,23-,25-,26-,27-,28-,29-,30-,31-,32-/m0/s1. The van der Waals surface area contributed by atoms with Crippen LogP contribution in [0, 0.1) is 5.92 Å². The monoisotopic (exact) mass is 1130 g/mol. The van der Waals surface area contributed by atoms with E-state index >= 15 is 0 Å². The molecule has 0 aliphatic carbocycles. The Bertz CT molecular complexity index is 2300. The van der Waals surface area contributed by atoms with E-state index in [9.17, 15) is 82.4 Å². The van der Waals surface area contributed by atoms with Gasteiger partial charge in [0.15, 0.2) is 5.96 Å². The third-order valence-corrected chi connectivity index (χ3v) is 12.0. The quantitative estimate of drug-likeness (QED) is 0.00987. The molecule has 22 N–H and O–H groups in total. The molecule has 1 aromatic rings. The van der Waals surface area contributed by atoms with Crippen LogP contribution in [-0.2, 0) is 68.2 Å². The summed E-state index contributed by atoms with van der Waals surface area (Å²) in [5, 5.41) is 48.7. The number of guanidine groups is 1.